The highest BCUT2D eigenvalue weighted by Crippen LogP contribution is 2.67. The largest absolute Gasteiger partial charge is 0.481 e. The predicted molar refractivity (Wildman–Crippen MR) is 123 cm³/mol. The van der Waals surface area contributed by atoms with Gasteiger partial charge in [0.15, 0.2) is 11.6 Å². The van der Waals surface area contributed by atoms with Crippen LogP contribution in [0.1, 0.15) is 72.1 Å². The molecule has 4 aliphatic carbocycles. The number of allylic oxidation sites excluding steroid dienone is 2. The normalized spacial score (nSPS) is 38.9. The SMILES string of the molecule is CC(=O)OC=CC(=O)[C@]1(O)CC2=CC(=O)CC[C@]2(C)C2=CC[C@]3(C)[C@@H](CCC(=O)O)CC[C@H]3[C@@H]21. The van der Waals surface area contributed by atoms with E-state index in [0.717, 1.165) is 42.7 Å². The van der Waals surface area contributed by atoms with Crippen molar-refractivity contribution in [3.05, 3.63) is 35.6 Å². The van der Waals surface area contributed by atoms with Crippen LogP contribution >= 0.6 is 0 Å². The van der Waals surface area contributed by atoms with Crippen molar-refractivity contribution in [2.24, 2.45) is 28.6 Å². The second kappa shape index (κ2) is 8.59. The molecule has 0 radical (unpaired) electrons. The number of carbonyl (C=O) groups is 4. The van der Waals surface area contributed by atoms with Crippen LogP contribution < -0.4 is 0 Å². The van der Waals surface area contributed by atoms with Crippen molar-refractivity contribution in [1.82, 2.24) is 0 Å². The maximum atomic E-state index is 13.5. The van der Waals surface area contributed by atoms with Crippen LogP contribution in [0, 0.1) is 28.6 Å². The van der Waals surface area contributed by atoms with Crippen molar-refractivity contribution < 1.29 is 34.1 Å². The molecule has 0 spiro atoms. The molecule has 184 valence electrons. The van der Waals surface area contributed by atoms with Crippen molar-refractivity contribution in [2.75, 3.05) is 0 Å². The highest BCUT2D eigenvalue weighted by Gasteiger charge is 2.64. The molecule has 7 heteroatoms. The minimum Gasteiger partial charge on any atom is -0.481 e. The number of hydrogen-bond acceptors (Lipinski definition) is 6. The highest BCUT2D eigenvalue weighted by molar-refractivity contribution is 5.99. The van der Waals surface area contributed by atoms with Gasteiger partial charge in [-0.05, 0) is 55.4 Å². The third kappa shape index (κ3) is 3.88. The Morgan fingerprint density at radius 3 is 2.65 bits per heavy atom. The summed E-state index contributed by atoms with van der Waals surface area (Å²) in [5, 5.41) is 21.3. The molecule has 0 amide bonds. The first kappa shape index (κ1) is 24.6. The lowest BCUT2D eigenvalue weighted by Crippen LogP contribution is -2.59. The summed E-state index contributed by atoms with van der Waals surface area (Å²) in [6.07, 6.45) is 10.2. The quantitative estimate of drug-likeness (QED) is 0.262. The van der Waals surface area contributed by atoms with Gasteiger partial charge in [-0.15, -0.1) is 0 Å². The van der Waals surface area contributed by atoms with Crippen molar-refractivity contribution in [2.45, 2.75) is 77.7 Å². The molecule has 4 rings (SSSR count). The molecule has 0 saturated heterocycles. The Morgan fingerprint density at radius 1 is 1.24 bits per heavy atom. The summed E-state index contributed by atoms with van der Waals surface area (Å²) in [7, 11) is 0. The first-order chi connectivity index (χ1) is 15.9. The van der Waals surface area contributed by atoms with Gasteiger partial charge in [-0.1, -0.05) is 31.1 Å². The summed E-state index contributed by atoms with van der Waals surface area (Å²) in [5.74, 6) is -2.14. The van der Waals surface area contributed by atoms with Crippen LogP contribution in [0.2, 0.25) is 0 Å². The van der Waals surface area contributed by atoms with Crippen LogP contribution in [-0.2, 0) is 23.9 Å². The van der Waals surface area contributed by atoms with Crippen molar-refractivity contribution in [1.29, 1.82) is 0 Å². The highest BCUT2D eigenvalue weighted by atomic mass is 16.5. The lowest BCUT2D eigenvalue weighted by atomic mass is 9.46. The Morgan fingerprint density at radius 2 is 1.97 bits per heavy atom. The predicted octanol–water partition coefficient (Wildman–Crippen LogP) is 3.91. The molecule has 4 aliphatic rings. The third-order valence-corrected chi connectivity index (χ3v) is 9.22. The first-order valence-corrected chi connectivity index (χ1v) is 12.2. The van der Waals surface area contributed by atoms with E-state index in [0.29, 0.717) is 19.3 Å². The number of carboxylic acids is 1. The van der Waals surface area contributed by atoms with Crippen LogP contribution in [0.4, 0.5) is 0 Å². The average molecular weight is 471 g/mol. The number of aliphatic carboxylic acids is 1. The minimum absolute atomic E-state index is 0.00651. The van der Waals surface area contributed by atoms with Gasteiger partial charge in [-0.2, -0.15) is 0 Å². The maximum Gasteiger partial charge on any atom is 0.307 e. The molecule has 2 saturated carbocycles. The summed E-state index contributed by atoms with van der Waals surface area (Å²) in [5.41, 5.74) is -0.563. The summed E-state index contributed by atoms with van der Waals surface area (Å²) >= 11 is 0. The number of carboxylic acid groups (broad SMARTS) is 1. The van der Waals surface area contributed by atoms with E-state index >= 15 is 0 Å². The lowest BCUT2D eigenvalue weighted by Gasteiger charge is -2.58. The van der Waals surface area contributed by atoms with E-state index in [2.05, 4.69) is 19.9 Å². The molecule has 0 heterocycles. The van der Waals surface area contributed by atoms with Crippen molar-refractivity contribution >= 4 is 23.5 Å². The number of hydrogen-bond donors (Lipinski definition) is 2. The van der Waals surface area contributed by atoms with Gasteiger partial charge < -0.3 is 14.9 Å². The van der Waals surface area contributed by atoms with E-state index in [1.807, 2.05) is 0 Å². The van der Waals surface area contributed by atoms with E-state index in [1.54, 1.807) is 6.08 Å². The van der Waals surface area contributed by atoms with E-state index in [4.69, 9.17) is 4.74 Å². The zero-order valence-corrected chi connectivity index (χ0v) is 20.1. The van der Waals surface area contributed by atoms with Crippen molar-refractivity contribution in [3.63, 3.8) is 0 Å². The molecule has 6 atom stereocenters. The van der Waals surface area contributed by atoms with Crippen LogP contribution in [0.5, 0.6) is 0 Å². The van der Waals surface area contributed by atoms with E-state index in [1.165, 1.54) is 6.92 Å². The summed E-state index contributed by atoms with van der Waals surface area (Å²) < 4.78 is 4.82. The smallest absolute Gasteiger partial charge is 0.307 e. The fourth-order valence-corrected chi connectivity index (χ4v) is 7.32. The van der Waals surface area contributed by atoms with Gasteiger partial charge in [0.05, 0.1) is 6.26 Å². The van der Waals surface area contributed by atoms with Gasteiger partial charge >= 0.3 is 11.9 Å². The monoisotopic (exact) mass is 470 g/mol. The van der Waals surface area contributed by atoms with Gasteiger partial charge in [0.25, 0.3) is 0 Å². The van der Waals surface area contributed by atoms with Gasteiger partial charge in [-0.3, -0.25) is 19.2 Å². The van der Waals surface area contributed by atoms with Gasteiger partial charge in [0.1, 0.15) is 5.60 Å². The summed E-state index contributed by atoms with van der Waals surface area (Å²) in [4.78, 5) is 48.1. The summed E-state index contributed by atoms with van der Waals surface area (Å²) in [6.45, 7) is 5.52. The fourth-order valence-electron chi connectivity index (χ4n) is 7.32. The van der Waals surface area contributed by atoms with E-state index < -0.39 is 29.2 Å². The number of esters is 1. The third-order valence-electron chi connectivity index (χ3n) is 9.22. The van der Waals surface area contributed by atoms with Crippen molar-refractivity contribution in [3.8, 4) is 0 Å². The second-order valence-electron chi connectivity index (χ2n) is 11.0. The molecular formula is C27H34O7. The maximum absolute atomic E-state index is 13.5. The Balaban J connectivity index is 1.78. The van der Waals surface area contributed by atoms with Crippen LogP contribution in [-0.4, -0.2) is 39.3 Å². The molecule has 0 aromatic rings. The zero-order chi connectivity index (χ0) is 24.9. The second-order valence-corrected chi connectivity index (χ2v) is 11.0. The zero-order valence-electron chi connectivity index (χ0n) is 20.1. The fraction of sp³-hybridized carbons (Fsp3) is 0.630. The van der Waals surface area contributed by atoms with Gasteiger partial charge in [0.2, 0.25) is 0 Å². The standard InChI is InChI=1S/C27H34O7/c1-16(28)34-13-10-22(30)27(33)15-18-14-19(29)8-11-26(18,3)21-9-12-25(2)17(5-7-23(31)32)4-6-20(25)24(21)27/h9-10,13-14,17,20,24,33H,4-8,11-12,15H2,1-3H3,(H,31,32)/t17-,20+,24+,25-,26+,27-/m1/s1. The molecule has 0 aromatic heterocycles. The number of aliphatic hydroxyl groups is 1. The average Bonchev–Trinajstić information content (AvgIpc) is 3.09. The molecule has 2 N–H and O–H groups in total. The van der Waals surface area contributed by atoms with E-state index in [9.17, 15) is 29.4 Å². The molecule has 34 heavy (non-hydrogen) atoms. The Kier molecular flexibility index (Phi) is 6.21. The molecule has 7 nitrogen and oxygen atoms in total. The Bertz CT molecular complexity index is 1020. The Hall–Kier alpha value is -2.54. The number of carbonyl (C=O) groups excluding carboxylic acids is 3. The van der Waals surface area contributed by atoms with Crippen LogP contribution in [0.25, 0.3) is 0 Å². The number of fused-ring (bicyclic) bond motifs is 5. The molecule has 0 aliphatic heterocycles. The van der Waals surface area contributed by atoms with Crippen LogP contribution in [0.15, 0.2) is 35.6 Å². The number of rotatable bonds is 6. The molecule has 0 aromatic carbocycles. The minimum atomic E-state index is -1.76. The Labute approximate surface area is 199 Å². The lowest BCUT2D eigenvalue weighted by molar-refractivity contribution is -0.146. The summed E-state index contributed by atoms with van der Waals surface area (Å²) in [6, 6.07) is 0. The molecule has 0 unspecified atom stereocenters. The number of ketones is 2. The van der Waals surface area contributed by atoms with Gasteiger partial charge in [-0.25, -0.2) is 0 Å². The first-order valence-electron chi connectivity index (χ1n) is 12.2. The molecular weight excluding hydrogens is 436 g/mol. The van der Waals surface area contributed by atoms with Gasteiger partial charge in [0, 0.05) is 43.6 Å². The molecule has 2 fully saturated rings. The van der Waals surface area contributed by atoms with E-state index in [-0.39, 0.29) is 41.3 Å². The topological polar surface area (TPSA) is 118 Å². The molecule has 0 bridgehead atoms. The number of ether oxygens (including phenoxy) is 1. The van der Waals surface area contributed by atoms with Crippen LogP contribution in [0.3, 0.4) is 0 Å².